The van der Waals surface area contributed by atoms with Gasteiger partial charge in [0.25, 0.3) is 5.91 Å². The van der Waals surface area contributed by atoms with Crippen LogP contribution < -0.4 is 20.1 Å². The number of aromatic carboxylic acids is 1. The highest BCUT2D eigenvalue weighted by Crippen LogP contribution is 2.46. The molecule has 0 spiro atoms. The molecule has 4 rings (SSSR count). The first kappa shape index (κ1) is 27.4. The number of thiophene rings is 1. The number of aliphatic carboxylic acids is 1. The predicted octanol–water partition coefficient (Wildman–Crippen LogP) is 4.92. The molecule has 2 heterocycles. The summed E-state index contributed by atoms with van der Waals surface area (Å²) in [6.07, 6.45) is 0.790. The van der Waals surface area contributed by atoms with Gasteiger partial charge in [-0.3, -0.25) is 4.79 Å². The highest BCUT2D eigenvalue weighted by Gasteiger charge is 2.32. The maximum Gasteiger partial charge on any atom is 0.349 e. The number of nitrogens with one attached hydrogen (secondary N) is 2. The Hall–Kier alpha value is -3.60. The number of hydrogen-bond acceptors (Lipinski definition) is 7. The predicted molar refractivity (Wildman–Crippen MR) is 145 cm³/mol. The first-order valence-corrected chi connectivity index (χ1v) is 13.2. The Kier molecular flexibility index (Phi) is 8.88. The van der Waals surface area contributed by atoms with E-state index < -0.39 is 24.6 Å². The molecule has 0 aliphatic carbocycles. The van der Waals surface area contributed by atoms with E-state index in [1.54, 1.807) is 24.3 Å². The van der Waals surface area contributed by atoms with Crippen molar-refractivity contribution in [2.75, 3.05) is 25.0 Å². The van der Waals surface area contributed by atoms with Crippen LogP contribution in [-0.4, -0.2) is 53.9 Å². The molecule has 1 amide bonds. The largest absolute Gasteiger partial charge is 0.480 e. The lowest BCUT2D eigenvalue weighted by molar-refractivity contribution is -0.139. The molecule has 1 aromatic heterocycles. The summed E-state index contributed by atoms with van der Waals surface area (Å²) in [5.41, 5.74) is 2.21. The number of amides is 1. The van der Waals surface area contributed by atoms with Crippen molar-refractivity contribution in [2.45, 2.75) is 25.9 Å². The minimum atomic E-state index is -1.28. The second kappa shape index (κ2) is 12.3. The molecule has 0 radical (unpaired) electrons. The molecule has 4 N–H and O–H groups in total. The van der Waals surface area contributed by atoms with Crippen LogP contribution in [0.2, 0.25) is 5.02 Å². The average Bonchev–Trinajstić information content (AvgIpc) is 3.24. The molecular weight excluding hydrogens is 532 g/mol. The van der Waals surface area contributed by atoms with Gasteiger partial charge in [0.05, 0.1) is 4.88 Å². The van der Waals surface area contributed by atoms with Crippen LogP contribution in [0.15, 0.2) is 48.5 Å². The molecular formula is C27H27ClN2O7S. The maximum atomic E-state index is 13.4. The molecule has 11 heteroatoms. The van der Waals surface area contributed by atoms with Crippen molar-refractivity contribution in [1.82, 2.24) is 5.32 Å². The Morgan fingerprint density at radius 2 is 1.87 bits per heavy atom. The fourth-order valence-corrected chi connectivity index (χ4v) is 5.67. The summed E-state index contributed by atoms with van der Waals surface area (Å²) in [7, 11) is 0. The standard InChI is InChI=1S/C27H27ClN2O7S/c1-15-5-2-3-8-19(15)30-26(33)22(16-9-11-29-12-10-16)37-18-7-4-6-17(13-18)24-21(28)23(36-14-20(31)32)25(38-24)27(34)35/h2-8,13,16,22,29H,9-12,14H2,1H3,(H,30,33)(H,31,32)(H,34,35). The SMILES string of the molecule is Cc1ccccc1NC(=O)C(Oc1cccc(-c2sc(C(=O)O)c(OCC(=O)O)c2Cl)c1)C1CCNCC1. The average molecular weight is 559 g/mol. The lowest BCUT2D eigenvalue weighted by atomic mass is 9.91. The number of aryl methyl sites for hydroxylation is 1. The number of piperidine rings is 1. The highest BCUT2D eigenvalue weighted by molar-refractivity contribution is 7.18. The summed E-state index contributed by atoms with van der Waals surface area (Å²) in [5.74, 6) is -2.58. The van der Waals surface area contributed by atoms with E-state index in [0.29, 0.717) is 21.9 Å². The summed E-state index contributed by atoms with van der Waals surface area (Å²) in [6, 6.07) is 14.4. The van der Waals surface area contributed by atoms with Gasteiger partial charge < -0.3 is 30.3 Å². The fraction of sp³-hybridized carbons (Fsp3) is 0.296. The molecule has 3 aromatic rings. The van der Waals surface area contributed by atoms with Crippen molar-refractivity contribution in [3.05, 3.63) is 64.0 Å². The van der Waals surface area contributed by atoms with E-state index in [1.807, 2.05) is 31.2 Å². The number of rotatable bonds is 10. The first-order chi connectivity index (χ1) is 18.2. The van der Waals surface area contributed by atoms with E-state index in [9.17, 15) is 19.5 Å². The minimum Gasteiger partial charge on any atom is -0.480 e. The van der Waals surface area contributed by atoms with Crippen LogP contribution in [0.3, 0.4) is 0 Å². The van der Waals surface area contributed by atoms with Gasteiger partial charge in [-0.1, -0.05) is 41.9 Å². The van der Waals surface area contributed by atoms with Crippen molar-refractivity contribution in [1.29, 1.82) is 0 Å². The van der Waals surface area contributed by atoms with E-state index >= 15 is 0 Å². The number of para-hydroxylation sites is 1. The van der Waals surface area contributed by atoms with Crippen molar-refractivity contribution in [3.8, 4) is 21.9 Å². The Bertz CT molecular complexity index is 1340. The van der Waals surface area contributed by atoms with Crippen LogP contribution in [0.5, 0.6) is 11.5 Å². The summed E-state index contributed by atoms with van der Waals surface area (Å²) >= 11 is 7.32. The second-order valence-corrected chi connectivity index (χ2v) is 10.2. The summed E-state index contributed by atoms with van der Waals surface area (Å²) in [6.45, 7) is 2.76. The zero-order valence-corrected chi connectivity index (χ0v) is 22.1. The van der Waals surface area contributed by atoms with E-state index in [2.05, 4.69) is 10.6 Å². The molecule has 0 saturated carbocycles. The minimum absolute atomic E-state index is 0.00185. The molecule has 1 fully saturated rings. The van der Waals surface area contributed by atoms with E-state index in [1.165, 1.54) is 0 Å². The molecule has 1 aliphatic heterocycles. The third kappa shape index (κ3) is 6.45. The van der Waals surface area contributed by atoms with E-state index in [-0.39, 0.29) is 27.5 Å². The van der Waals surface area contributed by atoms with Crippen LogP contribution in [0.4, 0.5) is 5.69 Å². The first-order valence-electron chi connectivity index (χ1n) is 12.0. The van der Waals surface area contributed by atoms with Crippen LogP contribution in [0.1, 0.15) is 28.1 Å². The normalized spacial score (nSPS) is 14.5. The third-order valence-electron chi connectivity index (χ3n) is 6.18. The molecule has 1 saturated heterocycles. The van der Waals surface area contributed by atoms with Crippen molar-refractivity contribution < 1.29 is 34.1 Å². The molecule has 1 aliphatic rings. The third-order valence-corrected chi connectivity index (χ3v) is 7.86. The summed E-state index contributed by atoms with van der Waals surface area (Å²) < 4.78 is 11.5. The van der Waals surface area contributed by atoms with Gasteiger partial charge in [-0.2, -0.15) is 0 Å². The smallest absolute Gasteiger partial charge is 0.349 e. The Morgan fingerprint density at radius 1 is 1.13 bits per heavy atom. The number of ether oxygens (including phenoxy) is 2. The number of benzene rings is 2. The van der Waals surface area contributed by atoms with Gasteiger partial charge in [0, 0.05) is 11.6 Å². The number of carboxylic acids is 2. The quantitative estimate of drug-likeness (QED) is 0.275. The molecule has 38 heavy (non-hydrogen) atoms. The molecule has 2 aromatic carbocycles. The number of halogens is 1. The van der Waals surface area contributed by atoms with Crippen molar-refractivity contribution in [2.24, 2.45) is 5.92 Å². The van der Waals surface area contributed by atoms with Crippen molar-refractivity contribution >= 4 is 46.5 Å². The van der Waals surface area contributed by atoms with Crippen LogP contribution in [0.25, 0.3) is 10.4 Å². The molecule has 1 unspecified atom stereocenters. The summed E-state index contributed by atoms with van der Waals surface area (Å²) in [5, 5.41) is 24.8. The van der Waals surface area contributed by atoms with Gasteiger partial charge in [-0.15, -0.1) is 11.3 Å². The molecule has 0 bridgehead atoms. The van der Waals surface area contributed by atoms with E-state index in [4.69, 9.17) is 26.2 Å². The Balaban J connectivity index is 1.63. The number of anilines is 1. The Labute approximate surface area is 228 Å². The zero-order chi connectivity index (χ0) is 27.2. The van der Waals surface area contributed by atoms with Gasteiger partial charge in [0.2, 0.25) is 0 Å². The zero-order valence-electron chi connectivity index (χ0n) is 20.5. The number of carboxylic acid groups (broad SMARTS) is 2. The lowest BCUT2D eigenvalue weighted by Gasteiger charge is -2.30. The van der Waals surface area contributed by atoms with Gasteiger partial charge in [0.1, 0.15) is 10.8 Å². The number of carbonyl (C=O) groups is 3. The molecule has 9 nitrogen and oxygen atoms in total. The molecule has 1 atom stereocenters. The number of carbonyl (C=O) groups excluding carboxylic acids is 1. The molecule has 200 valence electrons. The monoisotopic (exact) mass is 558 g/mol. The topological polar surface area (TPSA) is 134 Å². The highest BCUT2D eigenvalue weighted by atomic mass is 35.5. The van der Waals surface area contributed by atoms with Gasteiger partial charge in [-0.05, 0) is 62.2 Å². The van der Waals surface area contributed by atoms with Crippen LogP contribution in [0, 0.1) is 12.8 Å². The Morgan fingerprint density at radius 3 is 2.55 bits per heavy atom. The summed E-state index contributed by atoms with van der Waals surface area (Å²) in [4.78, 5) is 36.3. The maximum absolute atomic E-state index is 13.4. The number of hydrogen-bond donors (Lipinski definition) is 4. The van der Waals surface area contributed by atoms with Crippen LogP contribution >= 0.6 is 22.9 Å². The van der Waals surface area contributed by atoms with Gasteiger partial charge in [-0.25, -0.2) is 9.59 Å². The van der Waals surface area contributed by atoms with E-state index in [0.717, 1.165) is 42.8 Å². The van der Waals surface area contributed by atoms with Gasteiger partial charge in [0.15, 0.2) is 23.3 Å². The fourth-order valence-electron chi connectivity index (χ4n) is 4.27. The van der Waals surface area contributed by atoms with Gasteiger partial charge >= 0.3 is 11.9 Å². The van der Waals surface area contributed by atoms with Crippen LogP contribution in [-0.2, 0) is 9.59 Å². The second-order valence-electron chi connectivity index (χ2n) is 8.85. The lowest BCUT2D eigenvalue weighted by Crippen LogP contribution is -2.44. The van der Waals surface area contributed by atoms with Crippen molar-refractivity contribution in [3.63, 3.8) is 0 Å².